The number of thioether (sulfide) groups is 1. The van der Waals surface area contributed by atoms with Crippen molar-refractivity contribution in [3.63, 3.8) is 0 Å². The van der Waals surface area contributed by atoms with Crippen LogP contribution >= 0.6 is 11.8 Å². The number of hydrogen-bond donors (Lipinski definition) is 3. The van der Waals surface area contributed by atoms with Crippen molar-refractivity contribution in [2.75, 3.05) is 12.9 Å². The molecule has 2 aliphatic heterocycles. The van der Waals surface area contributed by atoms with E-state index >= 15 is 0 Å². The van der Waals surface area contributed by atoms with Gasteiger partial charge in [0.05, 0.1) is 24.4 Å². The molecule has 1 aromatic rings. The van der Waals surface area contributed by atoms with Gasteiger partial charge in [-0.3, -0.25) is 0 Å². The van der Waals surface area contributed by atoms with Crippen LogP contribution in [-0.4, -0.2) is 32.8 Å². The summed E-state index contributed by atoms with van der Waals surface area (Å²) >= 11 is 1.34. The number of fused-ring (bicyclic) bond motifs is 1. The fraction of sp³-hybridized carbons (Fsp3) is 0.429. The summed E-state index contributed by atoms with van der Waals surface area (Å²) < 4.78 is 30.5. The molecule has 1 saturated heterocycles. The number of nitrogens with two attached hydrogens (primary N) is 1. The van der Waals surface area contributed by atoms with E-state index in [1.54, 1.807) is 14.0 Å². The van der Waals surface area contributed by atoms with E-state index in [2.05, 4.69) is 10.9 Å². The lowest BCUT2D eigenvalue weighted by Gasteiger charge is -2.17. The highest BCUT2D eigenvalue weighted by Gasteiger charge is 2.47. The number of rotatable bonds is 4. The molecule has 3 unspecified atom stereocenters. The second kappa shape index (κ2) is 5.86. The number of hydrogen-bond acceptors (Lipinski definition) is 7. The van der Waals surface area contributed by atoms with E-state index in [9.17, 15) is 8.42 Å². The molecule has 120 valence electrons. The molecule has 2 aliphatic rings. The van der Waals surface area contributed by atoms with E-state index in [1.165, 1.54) is 11.8 Å². The molecule has 0 bridgehead atoms. The summed E-state index contributed by atoms with van der Waals surface area (Å²) in [5, 5.41) is -0.0663. The summed E-state index contributed by atoms with van der Waals surface area (Å²) in [6.45, 7) is 1.66. The Balaban J connectivity index is 2.13. The third-order valence-corrected chi connectivity index (χ3v) is 7.65. The van der Waals surface area contributed by atoms with E-state index in [0.29, 0.717) is 4.24 Å². The Kier molecular flexibility index (Phi) is 4.21. The lowest BCUT2D eigenvalue weighted by atomic mass is 9.92. The lowest BCUT2D eigenvalue weighted by Crippen LogP contribution is -2.39. The van der Waals surface area contributed by atoms with Crippen LogP contribution in [0, 0.1) is 5.92 Å². The van der Waals surface area contributed by atoms with Gasteiger partial charge in [-0.25, -0.2) is 19.3 Å². The normalized spacial score (nSPS) is 28.0. The second-order valence-electron chi connectivity index (χ2n) is 5.21. The van der Waals surface area contributed by atoms with Gasteiger partial charge in [0.15, 0.2) is 9.84 Å². The minimum Gasteiger partial charge on any atom is -0.497 e. The molecule has 0 amide bonds. The monoisotopic (exact) mass is 341 g/mol. The van der Waals surface area contributed by atoms with Crippen molar-refractivity contribution in [2.45, 2.75) is 18.5 Å². The molecule has 3 atom stereocenters. The quantitative estimate of drug-likeness (QED) is 0.748. The zero-order valence-electron chi connectivity index (χ0n) is 12.4. The first-order chi connectivity index (χ1) is 10.5. The SMILES string of the molecule is CCS(=O)(=O)C1=C(c2ccc(OC)cc2)C2C(N)NNC2S1. The third kappa shape index (κ3) is 2.55. The second-order valence-corrected chi connectivity index (χ2v) is 8.84. The van der Waals surface area contributed by atoms with E-state index in [-0.39, 0.29) is 23.2 Å². The van der Waals surface area contributed by atoms with Crippen molar-refractivity contribution in [1.29, 1.82) is 0 Å². The van der Waals surface area contributed by atoms with E-state index in [4.69, 9.17) is 10.5 Å². The number of nitrogens with one attached hydrogen (secondary N) is 2. The molecule has 0 saturated carbocycles. The molecule has 0 aliphatic carbocycles. The van der Waals surface area contributed by atoms with Crippen molar-refractivity contribution in [1.82, 2.24) is 10.9 Å². The van der Waals surface area contributed by atoms with Crippen LogP contribution in [-0.2, 0) is 9.84 Å². The Hall–Kier alpha value is -1.06. The van der Waals surface area contributed by atoms with Crippen LogP contribution in [0.2, 0.25) is 0 Å². The first-order valence-electron chi connectivity index (χ1n) is 7.02. The topological polar surface area (TPSA) is 93.5 Å². The van der Waals surface area contributed by atoms with Crippen molar-refractivity contribution < 1.29 is 13.2 Å². The van der Waals surface area contributed by atoms with Gasteiger partial charge in [0.1, 0.15) is 9.99 Å². The molecule has 1 aromatic carbocycles. The number of sulfone groups is 1. The van der Waals surface area contributed by atoms with Crippen molar-refractivity contribution in [2.24, 2.45) is 11.7 Å². The smallest absolute Gasteiger partial charge is 0.184 e. The van der Waals surface area contributed by atoms with Crippen LogP contribution in [0.1, 0.15) is 12.5 Å². The van der Waals surface area contributed by atoms with Gasteiger partial charge in [-0.05, 0) is 23.3 Å². The molecule has 4 N–H and O–H groups in total. The van der Waals surface area contributed by atoms with Crippen molar-refractivity contribution in [3.05, 3.63) is 34.1 Å². The summed E-state index contributed by atoms with van der Waals surface area (Å²) in [6.07, 6.45) is -0.320. The Morgan fingerprint density at radius 2 is 1.95 bits per heavy atom. The number of methoxy groups -OCH3 is 1. The van der Waals surface area contributed by atoms with Gasteiger partial charge in [0, 0.05) is 5.92 Å². The molecule has 0 radical (unpaired) electrons. The van der Waals surface area contributed by atoms with Crippen molar-refractivity contribution in [3.8, 4) is 5.75 Å². The molecule has 1 fully saturated rings. The minimum atomic E-state index is -3.29. The number of benzene rings is 1. The highest BCUT2D eigenvalue weighted by Crippen LogP contribution is 2.50. The van der Waals surface area contributed by atoms with Crippen LogP contribution in [0.25, 0.3) is 5.57 Å². The minimum absolute atomic E-state index is 0.0663. The standard InChI is InChI=1S/C14H19N3O3S2/c1-3-22(18,19)14-10(8-4-6-9(20-2)7-5-8)11-12(15)16-17-13(11)21-14/h4-7,11-13,16-17H,3,15H2,1-2H3. The molecule has 22 heavy (non-hydrogen) atoms. The van der Waals surface area contributed by atoms with E-state index in [1.807, 2.05) is 24.3 Å². The highest BCUT2D eigenvalue weighted by atomic mass is 32.3. The van der Waals surface area contributed by atoms with Gasteiger partial charge in [0.2, 0.25) is 0 Å². The Bertz CT molecular complexity index is 701. The van der Waals surface area contributed by atoms with Crippen LogP contribution in [0.5, 0.6) is 5.75 Å². The Labute approximate surface area is 134 Å². The van der Waals surface area contributed by atoms with Gasteiger partial charge in [-0.2, -0.15) is 0 Å². The van der Waals surface area contributed by atoms with Gasteiger partial charge in [-0.15, -0.1) is 0 Å². The molecule has 3 rings (SSSR count). The predicted molar refractivity (Wildman–Crippen MR) is 88.5 cm³/mol. The average Bonchev–Trinajstić information content (AvgIpc) is 3.08. The van der Waals surface area contributed by atoms with Gasteiger partial charge in [-0.1, -0.05) is 30.8 Å². The predicted octanol–water partition coefficient (Wildman–Crippen LogP) is 0.880. The molecule has 8 heteroatoms. The molecule has 6 nitrogen and oxygen atoms in total. The maximum Gasteiger partial charge on any atom is 0.184 e. The van der Waals surface area contributed by atoms with Crippen LogP contribution in [0.4, 0.5) is 0 Å². The largest absolute Gasteiger partial charge is 0.497 e. The van der Waals surface area contributed by atoms with Crippen LogP contribution in [0.3, 0.4) is 0 Å². The number of hydrazine groups is 1. The molecule has 0 aromatic heterocycles. The third-order valence-electron chi connectivity index (χ3n) is 3.96. The van der Waals surface area contributed by atoms with Gasteiger partial charge in [0.25, 0.3) is 0 Å². The molecular weight excluding hydrogens is 322 g/mol. The summed E-state index contributed by atoms with van der Waals surface area (Å²) in [7, 11) is -1.69. The summed E-state index contributed by atoms with van der Waals surface area (Å²) in [4.78, 5) is 0. The van der Waals surface area contributed by atoms with Crippen molar-refractivity contribution >= 4 is 27.2 Å². The summed E-state index contributed by atoms with van der Waals surface area (Å²) in [6, 6.07) is 7.43. The molecule has 0 spiro atoms. The van der Waals surface area contributed by atoms with Gasteiger partial charge >= 0.3 is 0 Å². The maximum atomic E-state index is 12.5. The molecular formula is C14H19N3O3S2. The summed E-state index contributed by atoms with van der Waals surface area (Å²) in [5.41, 5.74) is 13.8. The van der Waals surface area contributed by atoms with E-state index in [0.717, 1.165) is 16.9 Å². The fourth-order valence-corrected chi connectivity index (χ4v) is 6.04. The number of ether oxygens (including phenoxy) is 1. The zero-order chi connectivity index (χ0) is 15.9. The highest BCUT2D eigenvalue weighted by molar-refractivity contribution is 8.19. The first-order valence-corrected chi connectivity index (χ1v) is 9.55. The fourth-order valence-electron chi connectivity index (χ4n) is 2.75. The maximum absolute atomic E-state index is 12.5. The van der Waals surface area contributed by atoms with Gasteiger partial charge < -0.3 is 10.5 Å². The first kappa shape index (κ1) is 15.8. The summed E-state index contributed by atoms with van der Waals surface area (Å²) in [5.74, 6) is 0.727. The molecule has 2 heterocycles. The van der Waals surface area contributed by atoms with Crippen LogP contribution in [0.15, 0.2) is 28.5 Å². The lowest BCUT2D eigenvalue weighted by molar-refractivity contribution is 0.414. The Morgan fingerprint density at radius 3 is 2.55 bits per heavy atom. The zero-order valence-corrected chi connectivity index (χ0v) is 14.0. The average molecular weight is 341 g/mol. The van der Waals surface area contributed by atoms with E-state index < -0.39 is 9.84 Å². The van der Waals surface area contributed by atoms with Crippen LogP contribution < -0.4 is 21.3 Å². The Morgan fingerprint density at radius 1 is 1.27 bits per heavy atom.